The Balaban J connectivity index is 2.00. The number of anilines is 2. The molecule has 0 saturated carbocycles. The second-order valence-electron chi connectivity index (χ2n) is 13.2. The van der Waals surface area contributed by atoms with Crippen LogP contribution in [0.4, 0.5) is 11.4 Å². The van der Waals surface area contributed by atoms with Crippen molar-refractivity contribution in [1.29, 1.82) is 5.26 Å². The zero-order chi connectivity index (χ0) is 37.3. The molecule has 2 aromatic rings. The van der Waals surface area contributed by atoms with Crippen LogP contribution in [-0.2, 0) is 30.4 Å². The fourth-order valence-corrected chi connectivity index (χ4v) is 4.52. The lowest BCUT2D eigenvalue weighted by atomic mass is 9.92. The second kappa shape index (κ2) is 19.8. The first-order valence-corrected chi connectivity index (χ1v) is 16.0. The summed E-state index contributed by atoms with van der Waals surface area (Å²) in [5, 5.41) is 41.8. The number of nitrogens with one attached hydrogen (secondary N) is 5. The Morgan fingerprint density at radius 3 is 1.78 bits per heavy atom. The van der Waals surface area contributed by atoms with E-state index in [1.54, 1.807) is 30.5 Å². The number of carbonyl (C=O) groups excluding carboxylic acids is 3. The monoisotopic (exact) mass is 687 g/mol. The number of hydrogen-bond donors (Lipinski definition) is 7. The van der Waals surface area contributed by atoms with Crippen LogP contribution in [0.2, 0.25) is 0 Å². The normalized spacial score (nSPS) is 12.9. The number of carbonyl (C=O) groups is 5. The molecule has 0 bridgehead atoms. The summed E-state index contributed by atoms with van der Waals surface area (Å²) >= 11 is 0. The van der Waals surface area contributed by atoms with Gasteiger partial charge in [-0.3, -0.25) is 14.4 Å². The molecule has 14 nitrogen and oxygen atoms in total. The van der Waals surface area contributed by atoms with Gasteiger partial charge in [-0.15, -0.1) is 16.8 Å². The highest BCUT2D eigenvalue weighted by molar-refractivity contribution is 6.04. The average molecular weight is 688 g/mol. The fraction of sp³-hybridized carbons (Fsp3) is 0.417. The maximum absolute atomic E-state index is 13.2. The van der Waals surface area contributed by atoms with Crippen LogP contribution in [0.3, 0.4) is 0 Å². The molecule has 0 aromatic heterocycles. The average Bonchev–Trinajstić information content (AvgIpc) is 3.01. The number of aliphatic imine (C=N–C) groups is 1. The molecule has 0 aliphatic carbocycles. The molecule has 0 heterocycles. The number of nitriles is 1. The molecule has 0 saturated heterocycles. The van der Waals surface area contributed by atoms with Gasteiger partial charge in [0.2, 0.25) is 29.9 Å². The van der Waals surface area contributed by atoms with E-state index in [0.29, 0.717) is 11.3 Å². The quantitative estimate of drug-likeness (QED) is 0.0625. The molecule has 14 heteroatoms. The van der Waals surface area contributed by atoms with Crippen LogP contribution in [-0.4, -0.2) is 64.0 Å². The molecule has 50 heavy (non-hydrogen) atoms. The van der Waals surface area contributed by atoms with E-state index in [9.17, 15) is 34.2 Å². The van der Waals surface area contributed by atoms with Gasteiger partial charge >= 0.3 is 11.9 Å². The molecule has 3 atom stereocenters. The molecule has 3 amide bonds. The molecule has 7 N–H and O–H groups in total. The summed E-state index contributed by atoms with van der Waals surface area (Å²) in [4.78, 5) is 65.6. The minimum absolute atomic E-state index is 0.0188. The van der Waals surface area contributed by atoms with E-state index in [4.69, 9.17) is 5.26 Å². The SMILES string of the molecule is CC(C)CC(NC(=O)Cc1ccc(NC(=NC#N)Nc2ccccc2)cc1)C(=O)NC(CC#CCC(NC(=O)CC(C)(C)C)C(=O)O)C(=O)O. The van der Waals surface area contributed by atoms with E-state index in [2.05, 4.69) is 43.4 Å². The van der Waals surface area contributed by atoms with Crippen molar-refractivity contribution in [2.24, 2.45) is 16.3 Å². The van der Waals surface area contributed by atoms with Gasteiger partial charge in [0.1, 0.15) is 18.1 Å². The Morgan fingerprint density at radius 2 is 1.28 bits per heavy atom. The molecule has 3 unspecified atom stereocenters. The lowest BCUT2D eigenvalue weighted by Crippen LogP contribution is -2.52. The van der Waals surface area contributed by atoms with Crippen molar-refractivity contribution in [2.75, 3.05) is 10.6 Å². The highest BCUT2D eigenvalue weighted by Crippen LogP contribution is 2.18. The molecule has 0 radical (unpaired) electrons. The third-order valence-electron chi connectivity index (χ3n) is 6.81. The smallest absolute Gasteiger partial charge is 0.327 e. The summed E-state index contributed by atoms with van der Waals surface area (Å²) in [6, 6.07) is 12.3. The van der Waals surface area contributed by atoms with Gasteiger partial charge in [-0.1, -0.05) is 65.0 Å². The topological polar surface area (TPSA) is 222 Å². The number of para-hydroxylation sites is 1. The Kier molecular flexibility index (Phi) is 16.0. The number of carboxylic acids is 2. The lowest BCUT2D eigenvalue weighted by Gasteiger charge is -2.22. The largest absolute Gasteiger partial charge is 0.480 e. The maximum Gasteiger partial charge on any atom is 0.327 e. The Labute approximate surface area is 292 Å². The Hall–Kier alpha value is -5.89. The van der Waals surface area contributed by atoms with Crippen LogP contribution in [0.15, 0.2) is 59.6 Å². The maximum atomic E-state index is 13.2. The van der Waals surface area contributed by atoms with Crippen molar-refractivity contribution >= 4 is 47.0 Å². The first-order valence-electron chi connectivity index (χ1n) is 16.0. The summed E-state index contributed by atoms with van der Waals surface area (Å²) in [5.41, 5.74) is 1.63. The number of guanidine groups is 1. The van der Waals surface area contributed by atoms with Gasteiger partial charge in [0, 0.05) is 30.6 Å². The molecular formula is C36H45N7O7. The molecule has 0 spiro atoms. The van der Waals surface area contributed by atoms with Crippen LogP contribution in [0.1, 0.15) is 65.9 Å². The van der Waals surface area contributed by atoms with Gasteiger partial charge in [0.25, 0.3) is 0 Å². The summed E-state index contributed by atoms with van der Waals surface area (Å²) in [6.45, 7) is 9.24. The van der Waals surface area contributed by atoms with Crippen LogP contribution >= 0.6 is 0 Å². The third kappa shape index (κ3) is 15.8. The molecule has 0 aliphatic heterocycles. The second-order valence-corrected chi connectivity index (χ2v) is 13.2. The van der Waals surface area contributed by atoms with Crippen molar-refractivity contribution in [2.45, 2.75) is 84.8 Å². The minimum atomic E-state index is -1.42. The van der Waals surface area contributed by atoms with Crippen LogP contribution in [0.25, 0.3) is 0 Å². The lowest BCUT2D eigenvalue weighted by molar-refractivity contribution is -0.142. The summed E-state index contributed by atoms with van der Waals surface area (Å²) < 4.78 is 0. The molecular weight excluding hydrogens is 642 g/mol. The fourth-order valence-electron chi connectivity index (χ4n) is 4.52. The molecule has 0 fully saturated rings. The van der Waals surface area contributed by atoms with Gasteiger partial charge in [0.05, 0.1) is 6.42 Å². The first kappa shape index (κ1) is 40.3. The van der Waals surface area contributed by atoms with Crippen molar-refractivity contribution in [3.63, 3.8) is 0 Å². The Bertz CT molecular complexity index is 1620. The molecule has 2 aromatic carbocycles. The zero-order valence-electron chi connectivity index (χ0n) is 28.9. The van der Waals surface area contributed by atoms with Gasteiger partial charge in [-0.25, -0.2) is 9.59 Å². The molecule has 266 valence electrons. The van der Waals surface area contributed by atoms with Gasteiger partial charge in [-0.05, 0) is 47.6 Å². The standard InChI is InChI=1S/C36H45N7O7/c1-23(2)19-29(32(46)43-28(34(49)50)14-10-9-13-27(33(47)48)41-31(45)21-36(3,4)5)42-30(44)20-24-15-17-26(18-16-24)40-35(38-22-37)39-25-11-7-6-8-12-25/h6-8,11-12,15-18,23,27-29H,13-14,19-21H2,1-5H3,(H,41,45)(H,42,44)(H,43,46)(H,47,48)(H,49,50)(H2,38,39,40). The highest BCUT2D eigenvalue weighted by Gasteiger charge is 2.27. The predicted molar refractivity (Wildman–Crippen MR) is 188 cm³/mol. The number of aliphatic carboxylic acids is 2. The molecule has 0 aliphatic rings. The number of rotatable bonds is 15. The van der Waals surface area contributed by atoms with Crippen molar-refractivity contribution in [3.05, 3.63) is 60.2 Å². The van der Waals surface area contributed by atoms with E-state index in [0.717, 1.165) is 5.69 Å². The van der Waals surface area contributed by atoms with E-state index in [1.165, 1.54) is 0 Å². The van der Waals surface area contributed by atoms with Gasteiger partial charge < -0.3 is 36.8 Å². The number of nitrogens with zero attached hydrogens (tertiary/aromatic N) is 2. The molecule has 2 rings (SSSR count). The number of hydrogen-bond acceptors (Lipinski definition) is 7. The predicted octanol–water partition coefficient (Wildman–Crippen LogP) is 3.48. The van der Waals surface area contributed by atoms with Crippen molar-refractivity contribution < 1.29 is 34.2 Å². The van der Waals surface area contributed by atoms with E-state index >= 15 is 0 Å². The van der Waals surface area contributed by atoms with Gasteiger partial charge in [-0.2, -0.15) is 5.26 Å². The van der Waals surface area contributed by atoms with Crippen LogP contribution in [0.5, 0.6) is 0 Å². The minimum Gasteiger partial charge on any atom is -0.480 e. The van der Waals surface area contributed by atoms with Crippen molar-refractivity contribution in [3.8, 4) is 18.0 Å². The third-order valence-corrected chi connectivity index (χ3v) is 6.81. The number of amides is 3. The van der Waals surface area contributed by atoms with Crippen LogP contribution in [0, 0.1) is 34.6 Å². The van der Waals surface area contributed by atoms with Gasteiger partial charge in [0.15, 0.2) is 0 Å². The zero-order valence-corrected chi connectivity index (χ0v) is 28.9. The van der Waals surface area contributed by atoms with E-state index in [-0.39, 0.29) is 49.4 Å². The summed E-state index contributed by atoms with van der Waals surface area (Å²) in [6.07, 6.45) is 1.45. The number of carboxylic acid groups (broad SMARTS) is 2. The van der Waals surface area contributed by atoms with E-state index in [1.807, 2.05) is 65.0 Å². The number of benzene rings is 2. The first-order chi connectivity index (χ1) is 23.6. The summed E-state index contributed by atoms with van der Waals surface area (Å²) in [7, 11) is 0. The van der Waals surface area contributed by atoms with Crippen molar-refractivity contribution in [1.82, 2.24) is 16.0 Å². The van der Waals surface area contributed by atoms with E-state index < -0.39 is 47.8 Å². The highest BCUT2D eigenvalue weighted by atomic mass is 16.4. The summed E-state index contributed by atoms with van der Waals surface area (Å²) in [5.74, 6) is 1.14. The Morgan fingerprint density at radius 1 is 0.760 bits per heavy atom. The van der Waals surface area contributed by atoms with Crippen LogP contribution < -0.4 is 26.6 Å².